The van der Waals surface area contributed by atoms with Crippen molar-refractivity contribution in [1.82, 2.24) is 9.97 Å². The van der Waals surface area contributed by atoms with Crippen LogP contribution in [0, 0.1) is 0 Å². The number of rotatable bonds is 5. The van der Waals surface area contributed by atoms with Gasteiger partial charge >= 0.3 is 0 Å². The van der Waals surface area contributed by atoms with E-state index in [1.54, 1.807) is 11.3 Å². The molecule has 0 radical (unpaired) electrons. The van der Waals surface area contributed by atoms with Crippen LogP contribution in [0.15, 0.2) is 6.07 Å². The molecule has 21 heavy (non-hydrogen) atoms. The van der Waals surface area contributed by atoms with Crippen LogP contribution in [-0.2, 0) is 11.2 Å². The second-order valence-corrected chi connectivity index (χ2v) is 6.53. The van der Waals surface area contributed by atoms with E-state index in [1.807, 2.05) is 7.05 Å². The summed E-state index contributed by atoms with van der Waals surface area (Å²) in [5, 5.41) is 7.68. The van der Waals surface area contributed by atoms with Gasteiger partial charge in [0.25, 0.3) is 0 Å². The van der Waals surface area contributed by atoms with Crippen molar-refractivity contribution >= 4 is 33.3 Å². The lowest BCUT2D eigenvalue weighted by atomic mass is 10.1. The van der Waals surface area contributed by atoms with Gasteiger partial charge in [0.1, 0.15) is 10.6 Å². The first-order chi connectivity index (χ1) is 10.2. The fourth-order valence-corrected chi connectivity index (χ4v) is 3.64. The van der Waals surface area contributed by atoms with Crippen LogP contribution in [0.4, 0.5) is 11.8 Å². The minimum Gasteiger partial charge on any atom is -0.376 e. The molecule has 0 aromatic carbocycles. The van der Waals surface area contributed by atoms with Crippen molar-refractivity contribution in [3.63, 3.8) is 0 Å². The molecule has 2 aromatic rings. The fraction of sp³-hybridized carbons (Fsp3) is 0.600. The molecule has 2 unspecified atom stereocenters. The van der Waals surface area contributed by atoms with Gasteiger partial charge in [-0.15, -0.1) is 11.3 Å². The SMILES string of the molecule is CCc1cc2c(NC(C)C3CCCO3)nc(NC)nc2s1. The highest BCUT2D eigenvalue weighted by molar-refractivity contribution is 7.18. The summed E-state index contributed by atoms with van der Waals surface area (Å²) in [5.41, 5.74) is 0. The number of fused-ring (bicyclic) bond motifs is 1. The molecular formula is C15H22N4OS. The molecule has 0 amide bonds. The van der Waals surface area contributed by atoms with Crippen molar-refractivity contribution in [3.8, 4) is 0 Å². The first kappa shape index (κ1) is 14.5. The second kappa shape index (κ2) is 6.15. The summed E-state index contributed by atoms with van der Waals surface area (Å²) in [4.78, 5) is 11.5. The lowest BCUT2D eigenvalue weighted by Gasteiger charge is -2.21. The minimum absolute atomic E-state index is 0.250. The van der Waals surface area contributed by atoms with Gasteiger partial charge in [-0.1, -0.05) is 6.92 Å². The molecule has 2 aromatic heterocycles. The highest BCUT2D eigenvalue weighted by Crippen LogP contribution is 2.31. The summed E-state index contributed by atoms with van der Waals surface area (Å²) < 4.78 is 5.76. The van der Waals surface area contributed by atoms with E-state index in [1.165, 1.54) is 4.88 Å². The second-order valence-electron chi connectivity index (χ2n) is 5.42. The number of ether oxygens (including phenoxy) is 1. The van der Waals surface area contributed by atoms with Crippen molar-refractivity contribution < 1.29 is 4.74 Å². The predicted octanol–water partition coefficient (Wildman–Crippen LogP) is 3.27. The van der Waals surface area contributed by atoms with Crippen LogP contribution in [0.5, 0.6) is 0 Å². The molecule has 0 aliphatic carbocycles. The molecule has 6 heteroatoms. The highest BCUT2D eigenvalue weighted by Gasteiger charge is 2.23. The normalized spacial score (nSPS) is 19.9. The monoisotopic (exact) mass is 306 g/mol. The van der Waals surface area contributed by atoms with Crippen LogP contribution in [-0.4, -0.2) is 35.8 Å². The Labute approximate surface area is 129 Å². The topological polar surface area (TPSA) is 59.1 Å². The van der Waals surface area contributed by atoms with Gasteiger partial charge in [-0.05, 0) is 32.3 Å². The third-order valence-corrected chi connectivity index (χ3v) is 5.08. The summed E-state index contributed by atoms with van der Waals surface area (Å²) >= 11 is 1.74. The fourth-order valence-electron chi connectivity index (χ4n) is 2.67. The van der Waals surface area contributed by atoms with Crippen molar-refractivity contribution in [3.05, 3.63) is 10.9 Å². The summed E-state index contributed by atoms with van der Waals surface area (Å²) in [6.45, 7) is 5.20. The maximum absolute atomic E-state index is 5.76. The molecule has 2 atom stereocenters. The van der Waals surface area contributed by atoms with Gasteiger partial charge < -0.3 is 15.4 Å². The van der Waals surface area contributed by atoms with E-state index in [-0.39, 0.29) is 12.1 Å². The molecule has 3 heterocycles. The van der Waals surface area contributed by atoms with Crippen LogP contribution < -0.4 is 10.6 Å². The van der Waals surface area contributed by atoms with Crippen LogP contribution in [0.2, 0.25) is 0 Å². The van der Waals surface area contributed by atoms with E-state index in [4.69, 9.17) is 4.74 Å². The van der Waals surface area contributed by atoms with Crippen molar-refractivity contribution in [2.45, 2.75) is 45.3 Å². The zero-order valence-corrected chi connectivity index (χ0v) is 13.6. The van der Waals surface area contributed by atoms with Gasteiger partial charge in [0, 0.05) is 18.5 Å². The quantitative estimate of drug-likeness (QED) is 0.888. The third kappa shape index (κ3) is 2.96. The lowest BCUT2D eigenvalue weighted by molar-refractivity contribution is 0.0996. The zero-order chi connectivity index (χ0) is 14.8. The van der Waals surface area contributed by atoms with Gasteiger partial charge in [-0.3, -0.25) is 0 Å². The molecule has 0 bridgehead atoms. The Morgan fingerprint density at radius 1 is 1.48 bits per heavy atom. The Bertz CT molecular complexity index is 621. The molecule has 1 saturated heterocycles. The van der Waals surface area contributed by atoms with E-state index >= 15 is 0 Å². The number of hydrogen-bond acceptors (Lipinski definition) is 6. The molecule has 3 rings (SSSR count). The van der Waals surface area contributed by atoms with Crippen LogP contribution in [0.1, 0.15) is 31.6 Å². The molecule has 0 saturated carbocycles. The van der Waals surface area contributed by atoms with Crippen molar-refractivity contribution in [1.29, 1.82) is 0 Å². The molecular weight excluding hydrogens is 284 g/mol. The average molecular weight is 306 g/mol. The lowest BCUT2D eigenvalue weighted by Crippen LogP contribution is -2.30. The number of nitrogens with zero attached hydrogens (tertiary/aromatic N) is 2. The molecule has 114 valence electrons. The Kier molecular flexibility index (Phi) is 4.26. The summed E-state index contributed by atoms with van der Waals surface area (Å²) in [6.07, 6.45) is 3.56. The average Bonchev–Trinajstić information content (AvgIpc) is 3.15. The molecule has 2 N–H and O–H groups in total. The largest absolute Gasteiger partial charge is 0.376 e. The minimum atomic E-state index is 0.250. The van der Waals surface area contributed by atoms with Crippen LogP contribution >= 0.6 is 11.3 Å². The summed E-state index contributed by atoms with van der Waals surface area (Å²) in [5.74, 6) is 1.57. The van der Waals surface area contributed by atoms with E-state index in [9.17, 15) is 0 Å². The number of nitrogens with one attached hydrogen (secondary N) is 2. The van der Waals surface area contributed by atoms with E-state index in [0.717, 1.165) is 41.9 Å². The first-order valence-electron chi connectivity index (χ1n) is 7.57. The zero-order valence-electron chi connectivity index (χ0n) is 12.8. The van der Waals surface area contributed by atoms with Gasteiger partial charge in [0.2, 0.25) is 5.95 Å². The van der Waals surface area contributed by atoms with Crippen molar-refractivity contribution in [2.24, 2.45) is 0 Å². The maximum Gasteiger partial charge on any atom is 0.225 e. The summed E-state index contributed by atoms with van der Waals surface area (Å²) in [7, 11) is 1.85. The number of aromatic nitrogens is 2. The van der Waals surface area contributed by atoms with Crippen LogP contribution in [0.3, 0.4) is 0 Å². The molecule has 1 fully saturated rings. The third-order valence-electron chi connectivity index (χ3n) is 3.90. The molecule has 1 aliphatic heterocycles. The smallest absolute Gasteiger partial charge is 0.225 e. The summed E-state index contributed by atoms with van der Waals surface area (Å²) in [6, 6.07) is 2.45. The van der Waals surface area contributed by atoms with Gasteiger partial charge in [0.05, 0.1) is 17.5 Å². The van der Waals surface area contributed by atoms with Gasteiger partial charge in [-0.25, -0.2) is 4.98 Å². The number of anilines is 2. The first-order valence-corrected chi connectivity index (χ1v) is 8.39. The van der Waals surface area contributed by atoms with Gasteiger partial charge in [0.15, 0.2) is 0 Å². The van der Waals surface area contributed by atoms with E-state index in [2.05, 4.69) is 40.5 Å². The highest BCUT2D eigenvalue weighted by atomic mass is 32.1. The Morgan fingerprint density at radius 3 is 3.00 bits per heavy atom. The predicted molar refractivity (Wildman–Crippen MR) is 88.4 cm³/mol. The Balaban J connectivity index is 1.93. The molecule has 0 spiro atoms. The maximum atomic E-state index is 5.76. The van der Waals surface area contributed by atoms with E-state index < -0.39 is 0 Å². The molecule has 1 aliphatic rings. The number of aryl methyl sites for hydroxylation is 1. The number of thiophene rings is 1. The van der Waals surface area contributed by atoms with Gasteiger partial charge in [-0.2, -0.15) is 4.98 Å². The number of hydrogen-bond donors (Lipinski definition) is 2. The van der Waals surface area contributed by atoms with E-state index in [0.29, 0.717) is 5.95 Å². The van der Waals surface area contributed by atoms with Crippen molar-refractivity contribution in [2.75, 3.05) is 24.3 Å². The standard InChI is InChI=1S/C15H22N4OS/c1-4-10-8-11-13(17-9(2)12-6-5-7-20-12)18-15(16-3)19-14(11)21-10/h8-9,12H,4-7H2,1-3H3,(H2,16,17,18,19). The van der Waals surface area contributed by atoms with Crippen LogP contribution in [0.25, 0.3) is 10.2 Å². The Hall–Kier alpha value is -1.40. The molecule has 5 nitrogen and oxygen atoms in total. The Morgan fingerprint density at radius 2 is 2.33 bits per heavy atom.